The molecule has 4 aliphatic carbocycles. The van der Waals surface area contributed by atoms with Crippen molar-refractivity contribution >= 4 is 35.0 Å². The van der Waals surface area contributed by atoms with E-state index in [1.54, 1.807) is 26.2 Å². The Morgan fingerprint density at radius 1 is 1.18 bits per heavy atom. The number of allylic oxidation sites excluding steroid dienone is 1. The van der Waals surface area contributed by atoms with Crippen LogP contribution >= 0.6 is 11.8 Å². The molecule has 0 aliphatic heterocycles. The van der Waals surface area contributed by atoms with Gasteiger partial charge in [0.15, 0.2) is 0 Å². The van der Waals surface area contributed by atoms with Gasteiger partial charge in [0.25, 0.3) is 0 Å². The number of hydrogen-bond acceptors (Lipinski definition) is 7. The SMILES string of the molecule is CC(C(=O)OC(=O)SCC(=O)N(C)C)[C@H]1CC[C@H]2[C@@H]3CCC4=Cc5c(cnn5-c5ccc(F)cc5)CC4(C)[C@H]3[C@@H](O)C[C@]12C. The van der Waals surface area contributed by atoms with Gasteiger partial charge in [-0.2, -0.15) is 5.10 Å². The Morgan fingerprint density at radius 3 is 2.61 bits per heavy atom. The monoisotopic (exact) mass is 623 g/mol. The van der Waals surface area contributed by atoms with Crippen molar-refractivity contribution in [2.75, 3.05) is 19.8 Å². The second kappa shape index (κ2) is 11.4. The summed E-state index contributed by atoms with van der Waals surface area (Å²) >= 11 is 0.705. The van der Waals surface area contributed by atoms with Crippen LogP contribution in [0.2, 0.25) is 0 Å². The van der Waals surface area contributed by atoms with Crippen molar-refractivity contribution in [3.05, 3.63) is 53.1 Å². The van der Waals surface area contributed by atoms with Crippen molar-refractivity contribution in [1.82, 2.24) is 14.7 Å². The molecule has 10 heteroatoms. The first kappa shape index (κ1) is 31.0. The van der Waals surface area contributed by atoms with Gasteiger partial charge in [0.2, 0.25) is 5.91 Å². The third-order valence-electron chi connectivity index (χ3n) is 11.5. The van der Waals surface area contributed by atoms with Gasteiger partial charge in [0.05, 0.1) is 35.4 Å². The van der Waals surface area contributed by atoms with Gasteiger partial charge in [-0.1, -0.05) is 26.3 Å². The average Bonchev–Trinajstić information content (AvgIpc) is 3.53. The number of fused-ring (bicyclic) bond motifs is 6. The number of esters is 1. The highest BCUT2D eigenvalue weighted by Crippen LogP contribution is 2.67. The van der Waals surface area contributed by atoms with Gasteiger partial charge in [0.1, 0.15) is 5.82 Å². The Labute approximate surface area is 262 Å². The standard InChI is InChI=1S/C34H42FN3O5S/c1-19(31(41)43-32(42)44-18-29(40)37(4)5)25-12-13-26-24-11-6-21-14-27-20(17-36-38(27)23-9-7-22(35)8-10-23)15-33(21,2)30(24)28(39)16-34(25,26)3/h7-10,14,17,19,24-26,28,30,39H,6,11-13,15-16,18H2,1-5H3/t19?,24-,25+,26-,28-,30+,33?,34+/m0/s1. The lowest BCUT2D eigenvalue weighted by Crippen LogP contribution is -2.57. The maximum Gasteiger partial charge on any atom is 0.375 e. The molecule has 0 bridgehead atoms. The molecule has 8 atom stereocenters. The van der Waals surface area contributed by atoms with E-state index in [2.05, 4.69) is 25.0 Å². The Balaban J connectivity index is 1.19. The number of amides is 1. The molecule has 3 fully saturated rings. The first-order chi connectivity index (χ1) is 20.8. The van der Waals surface area contributed by atoms with E-state index in [-0.39, 0.29) is 40.1 Å². The van der Waals surface area contributed by atoms with E-state index < -0.39 is 23.3 Å². The van der Waals surface area contributed by atoms with Crippen LogP contribution in [-0.2, 0) is 20.7 Å². The highest BCUT2D eigenvalue weighted by Gasteiger charge is 2.63. The van der Waals surface area contributed by atoms with Gasteiger partial charge in [-0.15, -0.1) is 0 Å². The van der Waals surface area contributed by atoms with E-state index in [9.17, 15) is 23.9 Å². The van der Waals surface area contributed by atoms with Gasteiger partial charge in [-0.3, -0.25) is 9.59 Å². The van der Waals surface area contributed by atoms with Gasteiger partial charge in [-0.25, -0.2) is 13.9 Å². The summed E-state index contributed by atoms with van der Waals surface area (Å²) in [5, 5.41) is 15.9. The molecule has 0 spiro atoms. The zero-order valence-electron chi connectivity index (χ0n) is 26.1. The summed E-state index contributed by atoms with van der Waals surface area (Å²) in [7, 11) is 3.22. The topological polar surface area (TPSA) is 102 Å². The molecule has 236 valence electrons. The van der Waals surface area contributed by atoms with Crippen molar-refractivity contribution in [1.29, 1.82) is 0 Å². The number of rotatable bonds is 5. The largest absolute Gasteiger partial charge is 0.393 e. The third kappa shape index (κ3) is 5.11. The summed E-state index contributed by atoms with van der Waals surface area (Å²) in [6, 6.07) is 6.38. The van der Waals surface area contributed by atoms with Crippen LogP contribution in [0.1, 0.15) is 64.1 Å². The number of carbonyl (C=O) groups is 3. The molecule has 0 saturated heterocycles. The van der Waals surface area contributed by atoms with E-state index in [1.807, 2.05) is 17.8 Å². The van der Waals surface area contributed by atoms with E-state index in [0.29, 0.717) is 30.0 Å². The summed E-state index contributed by atoms with van der Waals surface area (Å²) in [6.45, 7) is 6.37. The zero-order valence-corrected chi connectivity index (χ0v) is 26.9. The lowest BCUT2D eigenvalue weighted by atomic mass is 9.45. The second-order valence-corrected chi connectivity index (χ2v) is 15.0. The Bertz CT molecular complexity index is 1500. The van der Waals surface area contributed by atoms with E-state index in [1.165, 1.54) is 22.6 Å². The molecule has 1 N–H and O–H groups in total. The van der Waals surface area contributed by atoms with Crippen molar-refractivity contribution in [2.24, 2.45) is 40.4 Å². The maximum absolute atomic E-state index is 13.6. The maximum atomic E-state index is 13.6. The van der Waals surface area contributed by atoms with E-state index in [0.717, 1.165) is 49.0 Å². The van der Waals surface area contributed by atoms with E-state index in [4.69, 9.17) is 4.74 Å². The molecular weight excluding hydrogens is 581 g/mol. The fourth-order valence-corrected chi connectivity index (χ4v) is 10.1. The summed E-state index contributed by atoms with van der Waals surface area (Å²) in [4.78, 5) is 38.7. The molecule has 6 rings (SSSR count). The average molecular weight is 624 g/mol. The molecule has 44 heavy (non-hydrogen) atoms. The van der Waals surface area contributed by atoms with Crippen LogP contribution < -0.4 is 0 Å². The minimum absolute atomic E-state index is 0.00606. The number of nitrogens with zero attached hydrogens (tertiary/aromatic N) is 3. The summed E-state index contributed by atoms with van der Waals surface area (Å²) in [6.07, 6.45) is 8.77. The number of hydrogen-bond donors (Lipinski definition) is 1. The first-order valence-electron chi connectivity index (χ1n) is 15.6. The smallest absolute Gasteiger partial charge is 0.375 e. The number of halogens is 1. The summed E-state index contributed by atoms with van der Waals surface area (Å²) in [5.74, 6) is -0.852. The van der Waals surface area contributed by atoms with Gasteiger partial charge in [-0.05, 0) is 121 Å². The number of aliphatic hydroxyl groups is 1. The zero-order chi connectivity index (χ0) is 31.6. The molecule has 0 radical (unpaired) electrons. The number of thioether (sulfide) groups is 1. The van der Waals surface area contributed by atoms with Crippen molar-refractivity contribution < 1.29 is 28.6 Å². The Kier molecular flexibility index (Phi) is 8.06. The summed E-state index contributed by atoms with van der Waals surface area (Å²) < 4.78 is 20.6. The number of aromatic nitrogens is 2. The number of carbonyl (C=O) groups excluding carboxylic acids is 3. The lowest BCUT2D eigenvalue weighted by molar-refractivity contribution is -0.151. The Hall–Kier alpha value is -2.98. The highest BCUT2D eigenvalue weighted by molar-refractivity contribution is 8.13. The molecule has 1 aromatic heterocycles. The van der Waals surface area contributed by atoms with Crippen LogP contribution in [0.25, 0.3) is 11.8 Å². The van der Waals surface area contributed by atoms with Crippen molar-refractivity contribution in [3.63, 3.8) is 0 Å². The molecule has 2 aromatic rings. The molecular formula is C34H42FN3O5S. The minimum atomic E-state index is -0.751. The molecule has 1 aromatic carbocycles. The first-order valence-corrected chi connectivity index (χ1v) is 16.6. The van der Waals surface area contributed by atoms with Crippen molar-refractivity contribution in [3.8, 4) is 5.69 Å². The van der Waals surface area contributed by atoms with Crippen molar-refractivity contribution in [2.45, 2.75) is 65.4 Å². The lowest BCUT2D eigenvalue weighted by Gasteiger charge is -2.60. The Morgan fingerprint density at radius 2 is 1.91 bits per heavy atom. The summed E-state index contributed by atoms with van der Waals surface area (Å²) in [5.41, 5.74) is 3.88. The van der Waals surface area contributed by atoms with Crippen LogP contribution in [0.3, 0.4) is 0 Å². The van der Waals surface area contributed by atoms with Crippen LogP contribution in [0, 0.1) is 46.2 Å². The van der Waals surface area contributed by atoms with Crippen LogP contribution in [0.5, 0.6) is 0 Å². The molecule has 2 unspecified atom stereocenters. The van der Waals surface area contributed by atoms with Crippen LogP contribution in [-0.4, -0.2) is 62.9 Å². The quantitative estimate of drug-likeness (QED) is 0.327. The molecule has 1 amide bonds. The number of benzene rings is 1. The minimum Gasteiger partial charge on any atom is -0.393 e. The van der Waals surface area contributed by atoms with Crippen LogP contribution in [0.15, 0.2) is 36.0 Å². The van der Waals surface area contributed by atoms with Crippen LogP contribution in [0.4, 0.5) is 9.18 Å². The fraction of sp³-hybridized carbons (Fsp3) is 0.588. The molecule has 3 saturated carbocycles. The van der Waals surface area contributed by atoms with Gasteiger partial charge < -0.3 is 14.7 Å². The molecule has 8 nitrogen and oxygen atoms in total. The highest BCUT2D eigenvalue weighted by atomic mass is 32.2. The van der Waals surface area contributed by atoms with E-state index >= 15 is 0 Å². The van der Waals surface area contributed by atoms with Gasteiger partial charge >= 0.3 is 11.3 Å². The number of aliphatic hydroxyl groups excluding tert-OH is 1. The second-order valence-electron chi connectivity index (χ2n) is 14.0. The van der Waals surface area contributed by atoms with Gasteiger partial charge in [0, 0.05) is 14.1 Å². The predicted molar refractivity (Wildman–Crippen MR) is 166 cm³/mol. The number of ether oxygens (including phenoxy) is 1. The molecule has 1 heterocycles. The molecule has 4 aliphatic rings. The fourth-order valence-electron chi connectivity index (χ4n) is 9.45. The third-order valence-corrected chi connectivity index (χ3v) is 12.2. The predicted octanol–water partition coefficient (Wildman–Crippen LogP) is 5.90. The normalized spacial score (nSPS) is 32.8.